The van der Waals surface area contributed by atoms with Crippen molar-refractivity contribution in [1.29, 1.82) is 0 Å². The number of nitrogens with zero attached hydrogens (tertiary/aromatic N) is 1. The second kappa shape index (κ2) is 12.9. The number of para-hydroxylation sites is 1. The van der Waals surface area contributed by atoms with Gasteiger partial charge < -0.3 is 19.7 Å². The topological polar surface area (TPSA) is 97.0 Å². The minimum absolute atomic E-state index is 0.0746. The number of benzene rings is 2. The molecule has 0 aromatic heterocycles. The summed E-state index contributed by atoms with van der Waals surface area (Å²) in [6, 6.07) is 16.0. The Balaban J connectivity index is 1.62. The first-order valence-corrected chi connectivity index (χ1v) is 12.1. The molecule has 0 spiro atoms. The zero-order valence-corrected chi connectivity index (χ0v) is 20.8. The summed E-state index contributed by atoms with van der Waals surface area (Å²) in [6.45, 7) is 5.26. The van der Waals surface area contributed by atoms with Gasteiger partial charge in [-0.15, -0.1) is 0 Å². The largest absolute Gasteiger partial charge is 0.492 e. The number of carbonyl (C=O) groups is 3. The van der Waals surface area contributed by atoms with Crippen LogP contribution in [0.2, 0.25) is 0 Å². The van der Waals surface area contributed by atoms with E-state index < -0.39 is 17.9 Å². The van der Waals surface area contributed by atoms with Crippen LogP contribution in [-0.2, 0) is 20.7 Å². The van der Waals surface area contributed by atoms with E-state index in [-0.39, 0.29) is 30.0 Å². The van der Waals surface area contributed by atoms with E-state index in [2.05, 4.69) is 10.6 Å². The Hall–Kier alpha value is -3.46. The molecule has 9 heteroatoms. The van der Waals surface area contributed by atoms with Crippen molar-refractivity contribution in [2.45, 2.75) is 32.7 Å². The van der Waals surface area contributed by atoms with Crippen LogP contribution in [0, 0.1) is 5.92 Å². The molecule has 2 amide bonds. The Morgan fingerprint density at radius 2 is 1.86 bits per heavy atom. The van der Waals surface area contributed by atoms with E-state index in [4.69, 9.17) is 21.7 Å². The van der Waals surface area contributed by atoms with Crippen molar-refractivity contribution in [3.63, 3.8) is 0 Å². The molecule has 35 heavy (non-hydrogen) atoms. The summed E-state index contributed by atoms with van der Waals surface area (Å²) >= 11 is 5.45. The number of esters is 1. The molecule has 2 aromatic rings. The average molecular weight is 498 g/mol. The first kappa shape index (κ1) is 26.2. The highest BCUT2D eigenvalue weighted by Gasteiger charge is 2.34. The van der Waals surface area contributed by atoms with Crippen molar-refractivity contribution in [3.8, 4) is 5.75 Å². The van der Waals surface area contributed by atoms with Crippen molar-refractivity contribution in [2.75, 3.05) is 26.3 Å². The van der Waals surface area contributed by atoms with Crippen molar-refractivity contribution >= 4 is 35.1 Å². The summed E-state index contributed by atoms with van der Waals surface area (Å²) in [7, 11) is 0. The fraction of sp³-hybridized carbons (Fsp3) is 0.385. The molecule has 0 bridgehead atoms. The van der Waals surface area contributed by atoms with Gasteiger partial charge in [-0.1, -0.05) is 56.3 Å². The molecule has 8 nitrogen and oxygen atoms in total. The van der Waals surface area contributed by atoms with Crippen LogP contribution < -0.4 is 15.4 Å². The van der Waals surface area contributed by atoms with E-state index in [1.165, 1.54) is 0 Å². The third-order valence-corrected chi connectivity index (χ3v) is 5.71. The lowest BCUT2D eigenvalue weighted by Gasteiger charge is -2.36. The van der Waals surface area contributed by atoms with Gasteiger partial charge in [0.05, 0.1) is 25.2 Å². The zero-order chi connectivity index (χ0) is 25.2. The Labute approximate surface area is 211 Å². The maximum atomic E-state index is 13.0. The molecule has 1 heterocycles. The van der Waals surface area contributed by atoms with E-state index in [1.54, 1.807) is 29.2 Å². The summed E-state index contributed by atoms with van der Waals surface area (Å²) in [4.78, 5) is 39.3. The second-order valence-electron chi connectivity index (χ2n) is 8.62. The summed E-state index contributed by atoms with van der Waals surface area (Å²) in [5.74, 6) is -0.645. The van der Waals surface area contributed by atoms with Gasteiger partial charge in [0.1, 0.15) is 11.8 Å². The number of hydrogen-bond acceptors (Lipinski definition) is 6. The van der Waals surface area contributed by atoms with E-state index in [0.717, 1.165) is 5.56 Å². The molecular formula is C26H31N3O5S. The molecule has 2 N–H and O–H groups in total. The number of carbonyl (C=O) groups excluding carboxylic acids is 3. The molecule has 2 aromatic carbocycles. The van der Waals surface area contributed by atoms with Gasteiger partial charge in [0.25, 0.3) is 5.91 Å². The highest BCUT2D eigenvalue weighted by atomic mass is 32.1. The molecule has 0 saturated carbocycles. The van der Waals surface area contributed by atoms with E-state index in [9.17, 15) is 14.4 Å². The van der Waals surface area contributed by atoms with Gasteiger partial charge in [-0.2, -0.15) is 0 Å². The molecule has 3 rings (SSSR count). The molecule has 1 fully saturated rings. The molecule has 0 aliphatic carbocycles. The quantitative estimate of drug-likeness (QED) is 0.406. The molecule has 0 radical (unpaired) electrons. The summed E-state index contributed by atoms with van der Waals surface area (Å²) in [5.41, 5.74) is 1.47. The minimum atomic E-state index is -0.853. The lowest BCUT2D eigenvalue weighted by molar-refractivity contribution is -0.148. The molecule has 1 unspecified atom stereocenters. The molecule has 1 saturated heterocycles. The highest BCUT2D eigenvalue weighted by Crippen LogP contribution is 2.19. The predicted octanol–water partition coefficient (Wildman–Crippen LogP) is 2.71. The monoisotopic (exact) mass is 497 g/mol. The highest BCUT2D eigenvalue weighted by molar-refractivity contribution is 7.80. The maximum Gasteiger partial charge on any atom is 0.308 e. The van der Waals surface area contributed by atoms with Crippen LogP contribution in [0.5, 0.6) is 5.75 Å². The van der Waals surface area contributed by atoms with Gasteiger partial charge in [0.2, 0.25) is 5.91 Å². The van der Waals surface area contributed by atoms with Crippen LogP contribution in [0.4, 0.5) is 0 Å². The van der Waals surface area contributed by atoms with Gasteiger partial charge in [-0.3, -0.25) is 19.7 Å². The third-order valence-electron chi connectivity index (χ3n) is 5.37. The van der Waals surface area contributed by atoms with Crippen molar-refractivity contribution in [2.24, 2.45) is 5.92 Å². The molecule has 186 valence electrons. The van der Waals surface area contributed by atoms with Crippen molar-refractivity contribution < 1.29 is 23.9 Å². The van der Waals surface area contributed by atoms with Crippen molar-refractivity contribution in [1.82, 2.24) is 15.5 Å². The van der Waals surface area contributed by atoms with E-state index in [1.807, 2.05) is 44.2 Å². The number of rotatable bonds is 9. The number of nitrogens with one attached hydrogen (secondary N) is 2. The average Bonchev–Trinajstić information content (AvgIpc) is 2.85. The first-order valence-electron chi connectivity index (χ1n) is 11.7. The fourth-order valence-corrected chi connectivity index (χ4v) is 3.89. The standard InChI is InChI=1S/C26H31N3O5S/c1-18(2)17-34-23(30)16-21-25(32)27-13-14-29(21)26(35)28-24(31)20-10-6-7-11-22(20)33-15-12-19-8-4-3-5-9-19/h3-11,18,21H,12-17H2,1-2H3,(H,27,32)(H,28,31,35). The van der Waals surface area contributed by atoms with Gasteiger partial charge in [0, 0.05) is 19.5 Å². The Morgan fingerprint density at radius 3 is 2.60 bits per heavy atom. The van der Waals surface area contributed by atoms with Crippen molar-refractivity contribution in [3.05, 3.63) is 65.7 Å². The second-order valence-corrected chi connectivity index (χ2v) is 9.01. The van der Waals surface area contributed by atoms with Crippen LogP contribution in [0.3, 0.4) is 0 Å². The predicted molar refractivity (Wildman–Crippen MR) is 136 cm³/mol. The van der Waals surface area contributed by atoms with E-state index >= 15 is 0 Å². The maximum absolute atomic E-state index is 13.0. The SMILES string of the molecule is CC(C)COC(=O)CC1C(=O)NCCN1C(=S)NC(=O)c1ccccc1OCCc1ccccc1. The molecule has 1 aliphatic heterocycles. The third kappa shape index (κ3) is 7.78. The number of thiocarbonyl (C=S) groups is 1. The Bertz CT molecular complexity index is 1040. The first-order chi connectivity index (χ1) is 16.8. The molecular weight excluding hydrogens is 466 g/mol. The van der Waals surface area contributed by atoms with Gasteiger partial charge >= 0.3 is 5.97 Å². The van der Waals surface area contributed by atoms with Gasteiger partial charge in [-0.05, 0) is 35.8 Å². The van der Waals surface area contributed by atoms with Crippen LogP contribution in [0.1, 0.15) is 36.2 Å². The summed E-state index contributed by atoms with van der Waals surface area (Å²) in [6.07, 6.45) is 0.542. The number of ether oxygens (including phenoxy) is 2. The number of amides is 2. The Morgan fingerprint density at radius 1 is 1.14 bits per heavy atom. The molecule has 1 aliphatic rings. The normalized spacial score (nSPS) is 15.3. The Kier molecular flexibility index (Phi) is 9.60. The molecule has 1 atom stereocenters. The summed E-state index contributed by atoms with van der Waals surface area (Å²) in [5, 5.41) is 5.51. The van der Waals surface area contributed by atoms with Gasteiger partial charge in [-0.25, -0.2) is 0 Å². The van der Waals surface area contributed by atoms with Crippen LogP contribution >= 0.6 is 12.2 Å². The van der Waals surface area contributed by atoms with Crippen LogP contribution in [0.15, 0.2) is 54.6 Å². The summed E-state index contributed by atoms with van der Waals surface area (Å²) < 4.78 is 11.1. The number of hydrogen-bond donors (Lipinski definition) is 2. The van der Waals surface area contributed by atoms with Crippen LogP contribution in [-0.4, -0.2) is 60.1 Å². The smallest absolute Gasteiger partial charge is 0.308 e. The fourth-order valence-electron chi connectivity index (χ4n) is 3.58. The number of piperazine rings is 1. The van der Waals surface area contributed by atoms with Crippen LogP contribution in [0.25, 0.3) is 0 Å². The lowest BCUT2D eigenvalue weighted by Crippen LogP contribution is -2.60. The lowest BCUT2D eigenvalue weighted by atomic mass is 10.1. The zero-order valence-electron chi connectivity index (χ0n) is 20.0. The minimum Gasteiger partial charge on any atom is -0.492 e. The van der Waals surface area contributed by atoms with E-state index in [0.29, 0.717) is 37.4 Å². The van der Waals surface area contributed by atoms with Gasteiger partial charge in [0.15, 0.2) is 5.11 Å².